The van der Waals surface area contributed by atoms with Gasteiger partial charge in [0.25, 0.3) is 0 Å². The number of nitrogens with zero attached hydrogens (tertiary/aromatic N) is 1. The number of carbonyl (C=O) groups excluding carboxylic acids is 2. The van der Waals surface area contributed by atoms with E-state index in [0.717, 1.165) is 23.2 Å². The monoisotopic (exact) mass is 371 g/mol. The summed E-state index contributed by atoms with van der Waals surface area (Å²) in [5, 5.41) is 6.38. The molecule has 0 saturated carbocycles. The van der Waals surface area contributed by atoms with E-state index < -0.39 is 6.04 Å². The molecule has 3 rings (SSSR count). The Hall–Kier alpha value is -2.53. The molecule has 1 atom stereocenters. The van der Waals surface area contributed by atoms with Gasteiger partial charge in [-0.15, -0.1) is 0 Å². The lowest BCUT2D eigenvalue weighted by molar-refractivity contribution is -0.124. The van der Waals surface area contributed by atoms with Crippen LogP contribution in [0.15, 0.2) is 48.5 Å². The van der Waals surface area contributed by atoms with E-state index in [4.69, 9.17) is 11.6 Å². The van der Waals surface area contributed by atoms with Crippen LogP contribution in [0, 0.1) is 6.92 Å². The van der Waals surface area contributed by atoms with Gasteiger partial charge in [0.05, 0.1) is 0 Å². The Morgan fingerprint density at radius 3 is 2.62 bits per heavy atom. The third-order valence-electron chi connectivity index (χ3n) is 4.53. The summed E-state index contributed by atoms with van der Waals surface area (Å²) in [6.07, 6.45) is 1.47. The minimum Gasteiger partial charge on any atom is -0.350 e. The molecule has 2 aromatic carbocycles. The van der Waals surface area contributed by atoms with Crippen molar-refractivity contribution in [1.82, 2.24) is 10.2 Å². The molecule has 0 bridgehead atoms. The van der Waals surface area contributed by atoms with Crippen molar-refractivity contribution < 1.29 is 9.59 Å². The summed E-state index contributed by atoms with van der Waals surface area (Å²) in [6.45, 7) is 2.91. The summed E-state index contributed by atoms with van der Waals surface area (Å²) in [7, 11) is 0. The van der Waals surface area contributed by atoms with Crippen molar-refractivity contribution in [2.75, 3.05) is 11.9 Å². The highest BCUT2D eigenvalue weighted by atomic mass is 35.5. The number of likely N-dealkylation sites (tertiary alicyclic amines) is 1. The number of anilines is 1. The molecule has 1 fully saturated rings. The van der Waals surface area contributed by atoms with Crippen LogP contribution in [0.25, 0.3) is 0 Å². The molecule has 26 heavy (non-hydrogen) atoms. The quantitative estimate of drug-likeness (QED) is 0.854. The summed E-state index contributed by atoms with van der Waals surface area (Å²) >= 11 is 6.12. The van der Waals surface area contributed by atoms with Crippen molar-refractivity contribution >= 4 is 29.2 Å². The van der Waals surface area contributed by atoms with Gasteiger partial charge in [-0.1, -0.05) is 47.5 Å². The predicted octanol–water partition coefficient (Wildman–Crippen LogP) is 3.96. The average molecular weight is 372 g/mol. The molecule has 1 aliphatic rings. The van der Waals surface area contributed by atoms with E-state index >= 15 is 0 Å². The van der Waals surface area contributed by atoms with Gasteiger partial charge in [0, 0.05) is 23.8 Å². The first-order valence-electron chi connectivity index (χ1n) is 8.70. The van der Waals surface area contributed by atoms with Crippen molar-refractivity contribution in [2.24, 2.45) is 0 Å². The maximum atomic E-state index is 12.6. The predicted molar refractivity (Wildman–Crippen MR) is 103 cm³/mol. The molecular formula is C20H22ClN3O2. The highest BCUT2D eigenvalue weighted by molar-refractivity contribution is 6.31. The fourth-order valence-corrected chi connectivity index (χ4v) is 3.26. The Labute approximate surface area is 158 Å². The fraction of sp³-hybridized carbons (Fsp3) is 0.300. The molecule has 0 radical (unpaired) electrons. The molecule has 2 N–H and O–H groups in total. The lowest BCUT2D eigenvalue weighted by Crippen LogP contribution is -2.47. The average Bonchev–Trinajstić information content (AvgIpc) is 3.13. The summed E-state index contributed by atoms with van der Waals surface area (Å²) in [5.74, 6) is -0.151. The van der Waals surface area contributed by atoms with E-state index in [1.807, 2.05) is 49.4 Å². The fourth-order valence-electron chi connectivity index (χ4n) is 3.06. The molecule has 1 aliphatic heterocycles. The molecule has 3 amide bonds. The Morgan fingerprint density at radius 1 is 1.15 bits per heavy atom. The first-order chi connectivity index (χ1) is 12.5. The van der Waals surface area contributed by atoms with E-state index in [2.05, 4.69) is 10.6 Å². The minimum absolute atomic E-state index is 0.151. The first-order valence-corrected chi connectivity index (χ1v) is 9.08. The first kappa shape index (κ1) is 18.3. The summed E-state index contributed by atoms with van der Waals surface area (Å²) in [4.78, 5) is 26.7. The molecule has 2 aromatic rings. The van der Waals surface area contributed by atoms with Crippen molar-refractivity contribution in [2.45, 2.75) is 32.4 Å². The van der Waals surface area contributed by atoms with Crippen LogP contribution >= 0.6 is 11.6 Å². The Balaban J connectivity index is 1.59. The maximum Gasteiger partial charge on any atom is 0.322 e. The van der Waals surface area contributed by atoms with Crippen LogP contribution in [0.5, 0.6) is 0 Å². The van der Waals surface area contributed by atoms with Crippen molar-refractivity contribution in [1.29, 1.82) is 0 Å². The van der Waals surface area contributed by atoms with Gasteiger partial charge in [-0.05, 0) is 43.5 Å². The highest BCUT2D eigenvalue weighted by Crippen LogP contribution is 2.20. The van der Waals surface area contributed by atoms with Gasteiger partial charge < -0.3 is 15.5 Å². The van der Waals surface area contributed by atoms with E-state index in [9.17, 15) is 9.59 Å². The molecule has 0 aromatic heterocycles. The number of halogens is 1. The van der Waals surface area contributed by atoms with Crippen LogP contribution in [-0.4, -0.2) is 29.4 Å². The Kier molecular flexibility index (Phi) is 5.78. The van der Waals surface area contributed by atoms with Crippen molar-refractivity contribution in [3.63, 3.8) is 0 Å². The highest BCUT2D eigenvalue weighted by Gasteiger charge is 2.34. The van der Waals surface area contributed by atoms with E-state index in [1.54, 1.807) is 11.0 Å². The second-order valence-corrected chi connectivity index (χ2v) is 6.86. The SMILES string of the molecule is Cc1ccc(NC(=O)N2CCC[C@H]2C(=O)NCc2ccccc2Cl)cc1. The van der Waals surface area contributed by atoms with Gasteiger partial charge in [-0.25, -0.2) is 4.79 Å². The second-order valence-electron chi connectivity index (χ2n) is 6.46. The van der Waals surface area contributed by atoms with Gasteiger partial charge in [-0.2, -0.15) is 0 Å². The number of urea groups is 1. The van der Waals surface area contributed by atoms with Gasteiger partial charge in [-0.3, -0.25) is 4.79 Å². The van der Waals surface area contributed by atoms with E-state index in [-0.39, 0.29) is 11.9 Å². The van der Waals surface area contributed by atoms with E-state index in [0.29, 0.717) is 24.5 Å². The van der Waals surface area contributed by atoms with Crippen LogP contribution < -0.4 is 10.6 Å². The maximum absolute atomic E-state index is 12.6. The smallest absolute Gasteiger partial charge is 0.322 e. The third kappa shape index (κ3) is 4.35. The lowest BCUT2D eigenvalue weighted by Gasteiger charge is -2.24. The van der Waals surface area contributed by atoms with Crippen LogP contribution in [0.2, 0.25) is 5.02 Å². The summed E-state index contributed by atoms with van der Waals surface area (Å²) < 4.78 is 0. The largest absolute Gasteiger partial charge is 0.350 e. The van der Waals surface area contributed by atoms with Crippen LogP contribution in [0.3, 0.4) is 0 Å². The van der Waals surface area contributed by atoms with Gasteiger partial charge in [0.15, 0.2) is 0 Å². The number of aryl methyl sites for hydroxylation is 1. The van der Waals surface area contributed by atoms with Crippen molar-refractivity contribution in [3.05, 3.63) is 64.7 Å². The zero-order valence-corrected chi connectivity index (χ0v) is 15.4. The van der Waals surface area contributed by atoms with Gasteiger partial charge in [0.2, 0.25) is 5.91 Å². The molecule has 0 spiro atoms. The number of nitrogens with one attached hydrogen (secondary N) is 2. The topological polar surface area (TPSA) is 61.4 Å². The molecular weight excluding hydrogens is 350 g/mol. The Bertz CT molecular complexity index is 792. The number of hydrogen-bond donors (Lipinski definition) is 2. The van der Waals surface area contributed by atoms with Gasteiger partial charge >= 0.3 is 6.03 Å². The molecule has 0 unspecified atom stereocenters. The van der Waals surface area contributed by atoms with Crippen LogP contribution in [-0.2, 0) is 11.3 Å². The number of amides is 3. The third-order valence-corrected chi connectivity index (χ3v) is 4.90. The molecule has 5 nitrogen and oxygen atoms in total. The standard InChI is InChI=1S/C20H22ClN3O2/c1-14-8-10-16(11-9-14)23-20(26)24-12-4-7-18(24)19(25)22-13-15-5-2-3-6-17(15)21/h2-3,5-6,8-11,18H,4,7,12-13H2,1H3,(H,22,25)(H,23,26)/t18-/m0/s1. The number of benzene rings is 2. The lowest BCUT2D eigenvalue weighted by atomic mass is 10.2. The van der Waals surface area contributed by atoms with E-state index in [1.165, 1.54) is 0 Å². The second kappa shape index (κ2) is 8.23. The Morgan fingerprint density at radius 2 is 1.88 bits per heavy atom. The minimum atomic E-state index is -0.456. The molecule has 1 heterocycles. The van der Waals surface area contributed by atoms with Crippen molar-refractivity contribution in [3.8, 4) is 0 Å². The van der Waals surface area contributed by atoms with Crippen LogP contribution in [0.1, 0.15) is 24.0 Å². The molecule has 0 aliphatic carbocycles. The molecule has 6 heteroatoms. The zero-order chi connectivity index (χ0) is 18.5. The summed E-state index contributed by atoms with van der Waals surface area (Å²) in [5.41, 5.74) is 2.71. The van der Waals surface area contributed by atoms with Crippen LogP contribution in [0.4, 0.5) is 10.5 Å². The number of rotatable bonds is 4. The normalized spacial score (nSPS) is 16.4. The summed E-state index contributed by atoms with van der Waals surface area (Å²) in [6, 6.07) is 14.3. The van der Waals surface area contributed by atoms with Gasteiger partial charge in [0.1, 0.15) is 6.04 Å². The number of carbonyl (C=O) groups is 2. The number of hydrogen-bond acceptors (Lipinski definition) is 2. The molecule has 136 valence electrons. The zero-order valence-electron chi connectivity index (χ0n) is 14.7. The molecule has 1 saturated heterocycles.